The fraction of sp³-hybridized carbons (Fsp3) is 0.273. The maximum Gasteiger partial charge on any atom is 0.237 e. The van der Waals surface area contributed by atoms with Gasteiger partial charge in [0.2, 0.25) is 5.88 Å². The van der Waals surface area contributed by atoms with Crippen molar-refractivity contribution in [2.24, 2.45) is 0 Å². The lowest BCUT2D eigenvalue weighted by Crippen LogP contribution is -2.01. The highest BCUT2D eigenvalue weighted by Crippen LogP contribution is 2.22. The highest BCUT2D eigenvalue weighted by molar-refractivity contribution is 6.30. The number of halogens is 1. The van der Waals surface area contributed by atoms with Gasteiger partial charge in [-0.05, 0) is 31.5 Å². The molecule has 0 spiro atoms. The van der Waals surface area contributed by atoms with Crippen LogP contribution in [-0.2, 0) is 6.61 Å². The number of hydrogen-bond acceptors (Lipinski definition) is 4. The Bertz CT molecular complexity index is 483. The number of nitrogens with zero attached hydrogens (tertiary/aromatic N) is 2. The summed E-state index contributed by atoms with van der Waals surface area (Å²) in [5, 5.41) is 8.10. The first-order valence-electron chi connectivity index (χ1n) is 4.83. The van der Waals surface area contributed by atoms with E-state index in [9.17, 15) is 0 Å². The monoisotopic (exact) mass is 238 g/mol. The molecule has 5 heteroatoms. The summed E-state index contributed by atoms with van der Waals surface area (Å²) in [5.41, 5.74) is 1.78. The molecule has 0 amide bonds. The summed E-state index contributed by atoms with van der Waals surface area (Å²) in [6.07, 6.45) is 1.60. The van der Waals surface area contributed by atoms with E-state index in [1.807, 2.05) is 26.0 Å². The van der Waals surface area contributed by atoms with Crippen LogP contribution in [0.2, 0.25) is 5.15 Å². The van der Waals surface area contributed by atoms with Gasteiger partial charge < -0.3 is 9.15 Å². The summed E-state index contributed by atoms with van der Waals surface area (Å²) >= 11 is 5.84. The fourth-order valence-electron chi connectivity index (χ4n) is 1.23. The smallest absolute Gasteiger partial charge is 0.237 e. The molecule has 16 heavy (non-hydrogen) atoms. The topological polar surface area (TPSA) is 48.2 Å². The second kappa shape index (κ2) is 4.53. The van der Waals surface area contributed by atoms with Crippen LogP contribution < -0.4 is 4.74 Å². The fourth-order valence-corrected chi connectivity index (χ4v) is 1.41. The number of hydrogen-bond donors (Lipinski definition) is 0. The molecule has 0 fully saturated rings. The standard InChI is InChI=1S/C11H11ClN2O2/c1-7-8(2)11(14-13-10(7)12)16-6-9-4-3-5-15-9/h3-5H,6H2,1-2H3. The molecule has 2 rings (SSSR count). The Morgan fingerprint density at radius 2 is 2.12 bits per heavy atom. The molecule has 2 aromatic heterocycles. The average Bonchev–Trinajstić information content (AvgIpc) is 2.78. The van der Waals surface area contributed by atoms with E-state index < -0.39 is 0 Å². The Hall–Kier alpha value is -1.55. The second-order valence-corrected chi connectivity index (χ2v) is 3.77. The lowest BCUT2D eigenvalue weighted by Gasteiger charge is -2.08. The predicted octanol–water partition coefficient (Wildman–Crippen LogP) is 2.92. The molecule has 0 radical (unpaired) electrons. The third-order valence-corrected chi connectivity index (χ3v) is 2.71. The number of ether oxygens (including phenoxy) is 1. The van der Waals surface area contributed by atoms with Crippen LogP contribution in [0, 0.1) is 13.8 Å². The summed E-state index contributed by atoms with van der Waals surface area (Å²) in [4.78, 5) is 0. The molecule has 0 bridgehead atoms. The lowest BCUT2D eigenvalue weighted by molar-refractivity contribution is 0.256. The summed E-state index contributed by atoms with van der Waals surface area (Å²) in [5.74, 6) is 1.23. The molecule has 2 aromatic rings. The maximum atomic E-state index is 5.84. The average molecular weight is 239 g/mol. The molecular formula is C11H11ClN2O2. The number of furan rings is 1. The van der Waals surface area contributed by atoms with Crippen molar-refractivity contribution in [2.75, 3.05) is 0 Å². The van der Waals surface area contributed by atoms with Gasteiger partial charge in [-0.2, -0.15) is 0 Å². The van der Waals surface area contributed by atoms with Gasteiger partial charge in [0.05, 0.1) is 6.26 Å². The molecule has 0 aliphatic rings. The van der Waals surface area contributed by atoms with Gasteiger partial charge in [0.25, 0.3) is 0 Å². The van der Waals surface area contributed by atoms with Crippen molar-refractivity contribution in [3.05, 3.63) is 40.4 Å². The summed E-state index contributed by atoms with van der Waals surface area (Å²) in [6.45, 7) is 4.11. The first kappa shape index (κ1) is 11.0. The highest BCUT2D eigenvalue weighted by atomic mass is 35.5. The highest BCUT2D eigenvalue weighted by Gasteiger charge is 2.09. The van der Waals surface area contributed by atoms with Gasteiger partial charge in [-0.25, -0.2) is 0 Å². The minimum absolute atomic E-state index is 0.337. The molecule has 0 N–H and O–H groups in total. The van der Waals surface area contributed by atoms with Crippen molar-refractivity contribution < 1.29 is 9.15 Å². The molecule has 0 aliphatic heterocycles. The van der Waals surface area contributed by atoms with Crippen LogP contribution >= 0.6 is 11.6 Å². The van der Waals surface area contributed by atoms with E-state index in [-0.39, 0.29) is 0 Å². The normalized spacial score (nSPS) is 10.4. The van der Waals surface area contributed by atoms with Crippen molar-refractivity contribution in [2.45, 2.75) is 20.5 Å². The van der Waals surface area contributed by atoms with Gasteiger partial charge in [0.15, 0.2) is 5.15 Å². The van der Waals surface area contributed by atoms with Crippen LogP contribution in [-0.4, -0.2) is 10.2 Å². The van der Waals surface area contributed by atoms with Gasteiger partial charge in [-0.15, -0.1) is 10.2 Å². The third kappa shape index (κ3) is 2.17. The zero-order valence-corrected chi connectivity index (χ0v) is 9.78. The maximum absolute atomic E-state index is 5.84. The minimum Gasteiger partial charge on any atom is -0.468 e. The molecule has 0 aliphatic carbocycles. The van der Waals surface area contributed by atoms with Crippen LogP contribution in [0.25, 0.3) is 0 Å². The van der Waals surface area contributed by atoms with Crippen molar-refractivity contribution in [3.8, 4) is 5.88 Å². The van der Waals surface area contributed by atoms with Crippen LogP contribution in [0.5, 0.6) is 5.88 Å². The largest absolute Gasteiger partial charge is 0.468 e. The first-order valence-corrected chi connectivity index (χ1v) is 5.21. The molecule has 0 saturated heterocycles. The minimum atomic E-state index is 0.337. The molecule has 4 nitrogen and oxygen atoms in total. The molecule has 0 unspecified atom stereocenters. The third-order valence-electron chi connectivity index (χ3n) is 2.35. The number of aromatic nitrogens is 2. The van der Waals surface area contributed by atoms with E-state index in [1.165, 1.54) is 0 Å². The molecule has 0 aromatic carbocycles. The molecule has 0 atom stereocenters. The van der Waals surface area contributed by atoms with E-state index in [4.69, 9.17) is 20.8 Å². The second-order valence-electron chi connectivity index (χ2n) is 3.41. The van der Waals surface area contributed by atoms with Gasteiger partial charge in [-0.3, -0.25) is 0 Å². The van der Waals surface area contributed by atoms with Gasteiger partial charge >= 0.3 is 0 Å². The van der Waals surface area contributed by atoms with Crippen LogP contribution in [0.4, 0.5) is 0 Å². The van der Waals surface area contributed by atoms with E-state index in [0.717, 1.165) is 16.9 Å². The predicted molar refractivity (Wildman–Crippen MR) is 59.6 cm³/mol. The van der Waals surface area contributed by atoms with E-state index in [2.05, 4.69) is 10.2 Å². The van der Waals surface area contributed by atoms with Crippen LogP contribution in [0.15, 0.2) is 22.8 Å². The summed E-state index contributed by atoms with van der Waals surface area (Å²) in [7, 11) is 0. The summed E-state index contributed by atoms with van der Waals surface area (Å²) in [6, 6.07) is 3.65. The van der Waals surface area contributed by atoms with E-state index >= 15 is 0 Å². The molecule has 2 heterocycles. The molecule has 0 saturated carbocycles. The Morgan fingerprint density at radius 1 is 1.31 bits per heavy atom. The van der Waals surface area contributed by atoms with Gasteiger partial charge in [0, 0.05) is 5.56 Å². The van der Waals surface area contributed by atoms with Crippen molar-refractivity contribution in [3.63, 3.8) is 0 Å². The Kier molecular flexibility index (Phi) is 3.10. The summed E-state index contributed by atoms with van der Waals surface area (Å²) < 4.78 is 10.6. The van der Waals surface area contributed by atoms with Crippen molar-refractivity contribution >= 4 is 11.6 Å². The number of rotatable bonds is 3. The van der Waals surface area contributed by atoms with Crippen molar-refractivity contribution in [1.29, 1.82) is 0 Å². The Morgan fingerprint density at radius 3 is 2.81 bits per heavy atom. The lowest BCUT2D eigenvalue weighted by atomic mass is 10.2. The zero-order chi connectivity index (χ0) is 11.5. The molecule has 84 valence electrons. The van der Waals surface area contributed by atoms with E-state index in [1.54, 1.807) is 6.26 Å². The first-order chi connectivity index (χ1) is 7.68. The van der Waals surface area contributed by atoms with Gasteiger partial charge in [0.1, 0.15) is 12.4 Å². The SMILES string of the molecule is Cc1c(Cl)nnc(OCc2ccco2)c1C. The van der Waals surface area contributed by atoms with Crippen molar-refractivity contribution in [1.82, 2.24) is 10.2 Å². The Labute approximate surface area is 98.2 Å². The Balaban J connectivity index is 2.13. The molecular weight excluding hydrogens is 228 g/mol. The van der Waals surface area contributed by atoms with Crippen LogP contribution in [0.1, 0.15) is 16.9 Å². The zero-order valence-electron chi connectivity index (χ0n) is 9.03. The van der Waals surface area contributed by atoms with E-state index in [0.29, 0.717) is 17.6 Å². The van der Waals surface area contributed by atoms with Gasteiger partial charge in [-0.1, -0.05) is 11.6 Å². The quantitative estimate of drug-likeness (QED) is 0.825. The van der Waals surface area contributed by atoms with Crippen LogP contribution in [0.3, 0.4) is 0 Å².